The van der Waals surface area contributed by atoms with Gasteiger partial charge < -0.3 is 4.90 Å². The Morgan fingerprint density at radius 2 is 1.93 bits per heavy atom. The first-order valence-electron chi connectivity index (χ1n) is 6.01. The standard InChI is InChI=1S/C12H24N2/c1-5-6-12(2,3)14-9-10-7-11(14)8-13(10)4/h10-11H,5-9H2,1-4H3/t10-,11-/m1/s1. The summed E-state index contributed by atoms with van der Waals surface area (Å²) in [7, 11) is 2.27. The average Bonchev–Trinajstić information content (AvgIpc) is 2.61. The van der Waals surface area contributed by atoms with Crippen molar-refractivity contribution in [1.82, 2.24) is 9.80 Å². The maximum absolute atomic E-state index is 2.75. The molecule has 0 unspecified atom stereocenters. The van der Waals surface area contributed by atoms with Crippen LogP contribution in [-0.4, -0.2) is 47.6 Å². The van der Waals surface area contributed by atoms with Gasteiger partial charge in [-0.2, -0.15) is 0 Å². The van der Waals surface area contributed by atoms with Crippen molar-refractivity contribution in [1.29, 1.82) is 0 Å². The average molecular weight is 196 g/mol. The number of likely N-dealkylation sites (tertiary alicyclic amines) is 2. The highest BCUT2D eigenvalue weighted by Gasteiger charge is 2.46. The summed E-state index contributed by atoms with van der Waals surface area (Å²) in [4.78, 5) is 5.28. The first kappa shape index (κ1) is 10.4. The molecule has 2 atom stereocenters. The summed E-state index contributed by atoms with van der Waals surface area (Å²) in [5.74, 6) is 0. The van der Waals surface area contributed by atoms with Gasteiger partial charge in [0.05, 0.1) is 0 Å². The molecule has 2 aliphatic heterocycles. The summed E-state index contributed by atoms with van der Waals surface area (Å²) in [5.41, 5.74) is 0.426. The second kappa shape index (κ2) is 3.49. The van der Waals surface area contributed by atoms with Crippen LogP contribution in [0.4, 0.5) is 0 Å². The Morgan fingerprint density at radius 1 is 1.21 bits per heavy atom. The van der Waals surface area contributed by atoms with Crippen LogP contribution in [0.15, 0.2) is 0 Å². The van der Waals surface area contributed by atoms with Crippen molar-refractivity contribution in [3.05, 3.63) is 0 Å². The van der Waals surface area contributed by atoms with Crippen LogP contribution < -0.4 is 0 Å². The van der Waals surface area contributed by atoms with Crippen molar-refractivity contribution in [2.24, 2.45) is 0 Å². The van der Waals surface area contributed by atoms with Crippen molar-refractivity contribution in [3.8, 4) is 0 Å². The van der Waals surface area contributed by atoms with Gasteiger partial charge in [-0.05, 0) is 33.7 Å². The summed E-state index contributed by atoms with van der Waals surface area (Å²) >= 11 is 0. The van der Waals surface area contributed by atoms with Crippen molar-refractivity contribution in [3.63, 3.8) is 0 Å². The molecule has 2 rings (SSSR count). The largest absolute Gasteiger partial charge is 0.301 e. The number of hydrogen-bond donors (Lipinski definition) is 0. The fourth-order valence-corrected chi connectivity index (χ4v) is 3.36. The lowest BCUT2D eigenvalue weighted by atomic mass is 9.95. The third-order valence-electron chi connectivity index (χ3n) is 4.15. The number of piperazine rings is 1. The Bertz CT molecular complexity index is 210. The van der Waals surface area contributed by atoms with E-state index in [1.165, 1.54) is 32.4 Å². The number of nitrogens with zero attached hydrogens (tertiary/aromatic N) is 2. The van der Waals surface area contributed by atoms with Crippen LogP contribution in [0, 0.1) is 0 Å². The van der Waals surface area contributed by atoms with Crippen LogP contribution in [0.5, 0.6) is 0 Å². The van der Waals surface area contributed by atoms with Gasteiger partial charge in [-0.3, -0.25) is 4.90 Å². The molecule has 0 aromatic heterocycles. The Labute approximate surface area is 88.3 Å². The number of likely N-dealkylation sites (N-methyl/N-ethyl adjacent to an activating group) is 1. The SMILES string of the molecule is CCCC(C)(C)N1C[C@H]2C[C@@H]1CN2C. The Hall–Kier alpha value is -0.0800. The molecule has 0 aromatic rings. The minimum absolute atomic E-state index is 0.426. The third-order valence-corrected chi connectivity index (χ3v) is 4.15. The molecule has 2 heterocycles. The van der Waals surface area contributed by atoms with Crippen molar-refractivity contribution < 1.29 is 0 Å². The van der Waals surface area contributed by atoms with Crippen molar-refractivity contribution in [2.45, 2.75) is 57.7 Å². The highest BCUT2D eigenvalue weighted by molar-refractivity contribution is 5.03. The minimum atomic E-state index is 0.426. The van der Waals surface area contributed by atoms with Crippen LogP contribution in [0.3, 0.4) is 0 Å². The molecule has 14 heavy (non-hydrogen) atoms. The van der Waals surface area contributed by atoms with Crippen LogP contribution in [-0.2, 0) is 0 Å². The topological polar surface area (TPSA) is 6.48 Å². The molecule has 0 aromatic carbocycles. The van der Waals surface area contributed by atoms with Gasteiger partial charge in [0.1, 0.15) is 0 Å². The highest BCUT2D eigenvalue weighted by Crippen LogP contribution is 2.36. The molecule has 2 aliphatic rings. The number of fused-ring (bicyclic) bond motifs is 2. The van der Waals surface area contributed by atoms with Crippen LogP contribution >= 0.6 is 0 Å². The summed E-state index contributed by atoms with van der Waals surface area (Å²) in [6.07, 6.45) is 4.04. The summed E-state index contributed by atoms with van der Waals surface area (Å²) in [6.45, 7) is 9.71. The van der Waals surface area contributed by atoms with E-state index in [0.29, 0.717) is 5.54 Å². The summed E-state index contributed by atoms with van der Waals surface area (Å²) < 4.78 is 0. The van der Waals surface area contributed by atoms with Gasteiger partial charge in [0.2, 0.25) is 0 Å². The molecule has 82 valence electrons. The third kappa shape index (κ3) is 1.59. The quantitative estimate of drug-likeness (QED) is 0.681. The number of hydrogen-bond acceptors (Lipinski definition) is 2. The van der Waals surface area contributed by atoms with Crippen molar-refractivity contribution in [2.75, 3.05) is 20.1 Å². The predicted molar refractivity (Wildman–Crippen MR) is 60.5 cm³/mol. The molecule has 2 heteroatoms. The molecule has 2 saturated heterocycles. The lowest BCUT2D eigenvalue weighted by Gasteiger charge is -2.43. The number of rotatable bonds is 3. The molecule has 0 N–H and O–H groups in total. The van der Waals surface area contributed by atoms with E-state index in [9.17, 15) is 0 Å². The zero-order valence-corrected chi connectivity index (χ0v) is 10.1. The Kier molecular flexibility index (Phi) is 2.61. The van der Waals surface area contributed by atoms with Gasteiger partial charge in [-0.15, -0.1) is 0 Å². The van der Waals surface area contributed by atoms with Crippen LogP contribution in [0.25, 0.3) is 0 Å². The lowest BCUT2D eigenvalue weighted by Crippen LogP contribution is -2.53. The summed E-state index contributed by atoms with van der Waals surface area (Å²) in [5, 5.41) is 0. The fourth-order valence-electron chi connectivity index (χ4n) is 3.36. The molecular weight excluding hydrogens is 172 g/mol. The Morgan fingerprint density at radius 3 is 2.36 bits per heavy atom. The van der Waals surface area contributed by atoms with Gasteiger partial charge >= 0.3 is 0 Å². The van der Waals surface area contributed by atoms with Gasteiger partial charge in [-0.1, -0.05) is 13.3 Å². The molecular formula is C12H24N2. The molecule has 0 radical (unpaired) electrons. The monoisotopic (exact) mass is 196 g/mol. The van der Waals surface area contributed by atoms with E-state index in [-0.39, 0.29) is 0 Å². The van der Waals surface area contributed by atoms with E-state index in [1.54, 1.807) is 0 Å². The first-order valence-corrected chi connectivity index (χ1v) is 6.01. The van der Waals surface area contributed by atoms with E-state index < -0.39 is 0 Å². The van der Waals surface area contributed by atoms with Crippen LogP contribution in [0.2, 0.25) is 0 Å². The van der Waals surface area contributed by atoms with Gasteiger partial charge in [0, 0.05) is 30.7 Å². The normalized spacial score (nSPS) is 34.3. The second-order valence-electron chi connectivity index (χ2n) is 5.70. The highest BCUT2D eigenvalue weighted by atomic mass is 15.4. The maximum Gasteiger partial charge on any atom is 0.0244 e. The van der Waals surface area contributed by atoms with Gasteiger partial charge in [0.25, 0.3) is 0 Å². The zero-order chi connectivity index (χ0) is 10.3. The lowest BCUT2D eigenvalue weighted by molar-refractivity contribution is 0.0503. The molecule has 0 aliphatic carbocycles. The molecule has 0 amide bonds. The molecule has 2 fully saturated rings. The van der Waals surface area contributed by atoms with E-state index in [1.807, 2.05) is 0 Å². The first-order chi connectivity index (χ1) is 6.54. The molecule has 2 bridgehead atoms. The minimum Gasteiger partial charge on any atom is -0.301 e. The van der Waals surface area contributed by atoms with E-state index in [0.717, 1.165) is 12.1 Å². The maximum atomic E-state index is 2.75. The van der Waals surface area contributed by atoms with Crippen molar-refractivity contribution >= 4 is 0 Å². The van der Waals surface area contributed by atoms with Crippen LogP contribution in [0.1, 0.15) is 40.0 Å². The Balaban J connectivity index is 2.01. The molecule has 0 saturated carbocycles. The van der Waals surface area contributed by atoms with Gasteiger partial charge in [0.15, 0.2) is 0 Å². The van der Waals surface area contributed by atoms with E-state index in [4.69, 9.17) is 0 Å². The smallest absolute Gasteiger partial charge is 0.0244 e. The molecule has 0 spiro atoms. The van der Waals surface area contributed by atoms with Gasteiger partial charge in [-0.25, -0.2) is 0 Å². The fraction of sp³-hybridized carbons (Fsp3) is 1.00. The summed E-state index contributed by atoms with van der Waals surface area (Å²) in [6, 6.07) is 1.68. The van der Waals surface area contributed by atoms with E-state index in [2.05, 4.69) is 37.6 Å². The predicted octanol–water partition coefficient (Wildman–Crippen LogP) is 1.95. The van der Waals surface area contributed by atoms with E-state index >= 15 is 0 Å². The second-order valence-corrected chi connectivity index (χ2v) is 5.70. The zero-order valence-electron chi connectivity index (χ0n) is 10.1. The molecule has 2 nitrogen and oxygen atoms in total.